The number of nitrogens with two attached hydrogens (primary N) is 1. The third kappa shape index (κ3) is 3.79. The second kappa shape index (κ2) is 6.12. The molecular weight excluding hydrogens is 215 g/mol. The van der Waals surface area contributed by atoms with Crippen LogP contribution in [0.1, 0.15) is 24.8 Å². The van der Waals surface area contributed by atoms with Gasteiger partial charge in [0.25, 0.3) is 0 Å². The molecule has 1 heterocycles. The van der Waals surface area contributed by atoms with Crippen LogP contribution in [0, 0.1) is 5.82 Å². The SMILES string of the molecule is N[C@@H](CCN1CCCC1)Cc1ccccc1F. The van der Waals surface area contributed by atoms with Gasteiger partial charge in [0.15, 0.2) is 0 Å². The predicted octanol–water partition coefficient (Wildman–Crippen LogP) is 2.18. The van der Waals surface area contributed by atoms with E-state index in [0.29, 0.717) is 6.42 Å². The van der Waals surface area contributed by atoms with Gasteiger partial charge >= 0.3 is 0 Å². The Morgan fingerprint density at radius 3 is 2.65 bits per heavy atom. The molecule has 0 amide bonds. The van der Waals surface area contributed by atoms with Crippen molar-refractivity contribution in [3.8, 4) is 0 Å². The molecule has 0 aliphatic carbocycles. The molecule has 0 saturated carbocycles. The van der Waals surface area contributed by atoms with Crippen molar-refractivity contribution < 1.29 is 4.39 Å². The number of hydrogen-bond acceptors (Lipinski definition) is 2. The molecule has 0 aromatic heterocycles. The van der Waals surface area contributed by atoms with E-state index in [1.807, 2.05) is 12.1 Å². The predicted molar refractivity (Wildman–Crippen MR) is 68.4 cm³/mol. The van der Waals surface area contributed by atoms with Crippen LogP contribution in [0.25, 0.3) is 0 Å². The normalized spacial score (nSPS) is 18.5. The van der Waals surface area contributed by atoms with E-state index in [2.05, 4.69) is 4.90 Å². The number of nitrogens with zero attached hydrogens (tertiary/aromatic N) is 1. The molecule has 1 saturated heterocycles. The van der Waals surface area contributed by atoms with Crippen LogP contribution < -0.4 is 5.73 Å². The van der Waals surface area contributed by atoms with Crippen molar-refractivity contribution in [1.29, 1.82) is 0 Å². The van der Waals surface area contributed by atoms with E-state index in [0.717, 1.165) is 18.5 Å². The molecular formula is C14H21FN2. The quantitative estimate of drug-likeness (QED) is 0.849. The van der Waals surface area contributed by atoms with Crippen molar-refractivity contribution in [1.82, 2.24) is 4.90 Å². The Labute approximate surface area is 103 Å². The lowest BCUT2D eigenvalue weighted by atomic mass is 10.0. The van der Waals surface area contributed by atoms with E-state index in [1.165, 1.54) is 32.0 Å². The van der Waals surface area contributed by atoms with Crippen molar-refractivity contribution in [2.24, 2.45) is 5.73 Å². The average Bonchev–Trinajstić information content (AvgIpc) is 2.82. The van der Waals surface area contributed by atoms with E-state index >= 15 is 0 Å². The second-order valence-electron chi connectivity index (χ2n) is 4.89. The fourth-order valence-corrected chi connectivity index (χ4v) is 2.40. The minimum atomic E-state index is -0.135. The maximum atomic E-state index is 13.4. The summed E-state index contributed by atoms with van der Waals surface area (Å²) in [6.45, 7) is 3.45. The Kier molecular flexibility index (Phi) is 4.51. The van der Waals surface area contributed by atoms with E-state index in [1.54, 1.807) is 6.07 Å². The van der Waals surface area contributed by atoms with E-state index in [9.17, 15) is 4.39 Å². The van der Waals surface area contributed by atoms with Crippen LogP contribution in [-0.4, -0.2) is 30.6 Å². The molecule has 0 radical (unpaired) electrons. The fraction of sp³-hybridized carbons (Fsp3) is 0.571. The highest BCUT2D eigenvalue weighted by Crippen LogP contribution is 2.12. The van der Waals surface area contributed by atoms with Gasteiger partial charge in [0.2, 0.25) is 0 Å². The molecule has 3 heteroatoms. The lowest BCUT2D eigenvalue weighted by Gasteiger charge is -2.18. The minimum Gasteiger partial charge on any atom is -0.327 e. The number of rotatable bonds is 5. The third-order valence-corrected chi connectivity index (χ3v) is 3.45. The van der Waals surface area contributed by atoms with Gasteiger partial charge in [0.1, 0.15) is 5.82 Å². The Hall–Kier alpha value is -0.930. The summed E-state index contributed by atoms with van der Waals surface area (Å²) in [5, 5.41) is 0. The van der Waals surface area contributed by atoms with Gasteiger partial charge in [-0.25, -0.2) is 4.39 Å². The summed E-state index contributed by atoms with van der Waals surface area (Å²) in [7, 11) is 0. The van der Waals surface area contributed by atoms with Crippen LogP contribution in [0.2, 0.25) is 0 Å². The molecule has 1 aromatic rings. The molecule has 0 unspecified atom stereocenters. The fourth-order valence-electron chi connectivity index (χ4n) is 2.40. The van der Waals surface area contributed by atoms with Crippen LogP contribution in [0.15, 0.2) is 24.3 Å². The van der Waals surface area contributed by atoms with Gasteiger partial charge < -0.3 is 10.6 Å². The van der Waals surface area contributed by atoms with Gasteiger partial charge in [-0.15, -0.1) is 0 Å². The summed E-state index contributed by atoms with van der Waals surface area (Å²) in [5.41, 5.74) is 6.80. The zero-order valence-corrected chi connectivity index (χ0v) is 10.2. The second-order valence-corrected chi connectivity index (χ2v) is 4.89. The van der Waals surface area contributed by atoms with Gasteiger partial charge in [0, 0.05) is 6.04 Å². The summed E-state index contributed by atoms with van der Waals surface area (Å²) in [4.78, 5) is 2.45. The third-order valence-electron chi connectivity index (χ3n) is 3.45. The van der Waals surface area contributed by atoms with Gasteiger partial charge in [-0.2, -0.15) is 0 Å². The largest absolute Gasteiger partial charge is 0.327 e. The lowest BCUT2D eigenvalue weighted by Crippen LogP contribution is -2.30. The Bertz CT molecular complexity index is 348. The Morgan fingerprint density at radius 1 is 1.24 bits per heavy atom. The molecule has 2 N–H and O–H groups in total. The molecule has 2 rings (SSSR count). The van der Waals surface area contributed by atoms with Crippen molar-refractivity contribution in [3.63, 3.8) is 0 Å². The van der Waals surface area contributed by atoms with Crippen LogP contribution in [0.4, 0.5) is 4.39 Å². The monoisotopic (exact) mass is 236 g/mol. The van der Waals surface area contributed by atoms with Gasteiger partial charge in [-0.1, -0.05) is 18.2 Å². The van der Waals surface area contributed by atoms with E-state index in [4.69, 9.17) is 5.73 Å². The highest BCUT2D eigenvalue weighted by molar-refractivity contribution is 5.18. The minimum absolute atomic E-state index is 0.0625. The Balaban J connectivity index is 1.76. The van der Waals surface area contributed by atoms with Crippen LogP contribution in [0.3, 0.4) is 0 Å². The van der Waals surface area contributed by atoms with E-state index < -0.39 is 0 Å². The molecule has 1 aromatic carbocycles. The lowest BCUT2D eigenvalue weighted by molar-refractivity contribution is 0.320. The topological polar surface area (TPSA) is 29.3 Å². The smallest absolute Gasteiger partial charge is 0.126 e. The molecule has 1 aliphatic rings. The van der Waals surface area contributed by atoms with E-state index in [-0.39, 0.29) is 11.9 Å². The summed E-state index contributed by atoms with van der Waals surface area (Å²) in [5.74, 6) is -0.135. The zero-order valence-electron chi connectivity index (χ0n) is 10.2. The van der Waals surface area contributed by atoms with Gasteiger partial charge in [0.05, 0.1) is 0 Å². The molecule has 0 spiro atoms. The molecule has 1 atom stereocenters. The maximum Gasteiger partial charge on any atom is 0.126 e. The number of halogens is 1. The van der Waals surface area contributed by atoms with Crippen molar-refractivity contribution in [2.45, 2.75) is 31.7 Å². The number of likely N-dealkylation sites (tertiary alicyclic amines) is 1. The van der Waals surface area contributed by atoms with Crippen molar-refractivity contribution >= 4 is 0 Å². The molecule has 2 nitrogen and oxygen atoms in total. The molecule has 17 heavy (non-hydrogen) atoms. The average molecular weight is 236 g/mol. The zero-order chi connectivity index (χ0) is 12.1. The maximum absolute atomic E-state index is 13.4. The van der Waals surface area contributed by atoms with Gasteiger partial charge in [-0.05, 0) is 56.9 Å². The highest BCUT2D eigenvalue weighted by atomic mass is 19.1. The molecule has 1 aliphatic heterocycles. The Morgan fingerprint density at radius 2 is 1.94 bits per heavy atom. The van der Waals surface area contributed by atoms with Crippen LogP contribution >= 0.6 is 0 Å². The standard InChI is InChI=1S/C14H21FN2/c15-14-6-2-1-5-12(14)11-13(16)7-10-17-8-3-4-9-17/h1-2,5-6,13H,3-4,7-11,16H2/t13-/m0/s1. The first kappa shape index (κ1) is 12.5. The molecule has 0 bridgehead atoms. The summed E-state index contributed by atoms with van der Waals surface area (Å²) in [6.07, 6.45) is 4.21. The first-order chi connectivity index (χ1) is 8.25. The number of benzene rings is 1. The highest BCUT2D eigenvalue weighted by Gasteiger charge is 2.13. The van der Waals surface area contributed by atoms with Crippen molar-refractivity contribution in [3.05, 3.63) is 35.6 Å². The first-order valence-corrected chi connectivity index (χ1v) is 6.47. The molecule has 94 valence electrons. The first-order valence-electron chi connectivity index (χ1n) is 6.47. The van der Waals surface area contributed by atoms with Crippen molar-refractivity contribution in [2.75, 3.05) is 19.6 Å². The summed E-state index contributed by atoms with van der Waals surface area (Å²) < 4.78 is 13.4. The summed E-state index contributed by atoms with van der Waals surface area (Å²) in [6, 6.07) is 6.97. The van der Waals surface area contributed by atoms with Gasteiger partial charge in [-0.3, -0.25) is 0 Å². The summed E-state index contributed by atoms with van der Waals surface area (Å²) >= 11 is 0. The number of hydrogen-bond donors (Lipinski definition) is 1. The van der Waals surface area contributed by atoms with Crippen LogP contribution in [0.5, 0.6) is 0 Å². The van der Waals surface area contributed by atoms with Crippen LogP contribution in [-0.2, 0) is 6.42 Å². The molecule has 1 fully saturated rings.